The van der Waals surface area contributed by atoms with Gasteiger partial charge in [0.25, 0.3) is 0 Å². The van der Waals surface area contributed by atoms with Crippen molar-refractivity contribution >= 4 is 27.7 Å². The monoisotopic (exact) mass is 373 g/mol. The molecule has 0 atom stereocenters. The molecule has 0 aromatic heterocycles. The zero-order chi connectivity index (χ0) is 15.1. The SMILES string of the molecule is CCSCCCOc1c(Br)cc(CNC2CC2)cc1OC. The number of nitrogens with one attached hydrogen (secondary N) is 1. The third-order valence-corrected chi connectivity index (χ3v) is 4.92. The second-order valence-corrected chi connectivity index (χ2v) is 7.41. The van der Waals surface area contributed by atoms with E-state index in [1.807, 2.05) is 11.8 Å². The van der Waals surface area contributed by atoms with E-state index in [0.29, 0.717) is 6.04 Å². The number of thioether (sulfide) groups is 1. The number of hydrogen-bond acceptors (Lipinski definition) is 4. The molecule has 2 rings (SSSR count). The van der Waals surface area contributed by atoms with Crippen molar-refractivity contribution in [2.75, 3.05) is 25.2 Å². The highest BCUT2D eigenvalue weighted by Crippen LogP contribution is 2.37. The molecule has 1 aliphatic rings. The molecule has 0 unspecified atom stereocenters. The lowest BCUT2D eigenvalue weighted by atomic mass is 10.2. The summed E-state index contributed by atoms with van der Waals surface area (Å²) in [5, 5.41) is 3.52. The van der Waals surface area contributed by atoms with E-state index in [1.165, 1.54) is 18.4 Å². The lowest BCUT2D eigenvalue weighted by Crippen LogP contribution is -2.15. The minimum Gasteiger partial charge on any atom is -0.493 e. The quantitative estimate of drug-likeness (QED) is 0.621. The Labute approximate surface area is 140 Å². The topological polar surface area (TPSA) is 30.5 Å². The predicted octanol–water partition coefficient (Wildman–Crippen LogP) is 4.23. The molecule has 1 N–H and O–H groups in total. The summed E-state index contributed by atoms with van der Waals surface area (Å²) < 4.78 is 12.3. The van der Waals surface area contributed by atoms with E-state index in [9.17, 15) is 0 Å². The smallest absolute Gasteiger partial charge is 0.175 e. The molecule has 3 nitrogen and oxygen atoms in total. The highest BCUT2D eigenvalue weighted by Gasteiger charge is 2.20. The zero-order valence-corrected chi connectivity index (χ0v) is 15.2. The first kappa shape index (κ1) is 17.0. The molecule has 0 heterocycles. The third kappa shape index (κ3) is 5.72. The average Bonchev–Trinajstić information content (AvgIpc) is 3.30. The molecule has 5 heteroatoms. The Morgan fingerprint density at radius 3 is 2.86 bits per heavy atom. The summed E-state index contributed by atoms with van der Waals surface area (Å²) in [4.78, 5) is 0. The van der Waals surface area contributed by atoms with Gasteiger partial charge in [0, 0.05) is 12.6 Å². The van der Waals surface area contributed by atoms with Crippen LogP contribution in [-0.2, 0) is 6.54 Å². The number of hydrogen-bond donors (Lipinski definition) is 1. The van der Waals surface area contributed by atoms with Crippen molar-refractivity contribution in [3.63, 3.8) is 0 Å². The Kier molecular flexibility index (Phi) is 7.20. The maximum absolute atomic E-state index is 5.89. The van der Waals surface area contributed by atoms with Gasteiger partial charge in [-0.05, 0) is 64.4 Å². The molecule has 1 saturated carbocycles. The van der Waals surface area contributed by atoms with Crippen LogP contribution in [0, 0.1) is 0 Å². The number of benzene rings is 1. The van der Waals surface area contributed by atoms with Gasteiger partial charge in [-0.15, -0.1) is 0 Å². The van der Waals surface area contributed by atoms with Crippen LogP contribution in [0.4, 0.5) is 0 Å². The summed E-state index contributed by atoms with van der Waals surface area (Å²) in [6, 6.07) is 4.89. The van der Waals surface area contributed by atoms with Crippen LogP contribution in [0.5, 0.6) is 11.5 Å². The van der Waals surface area contributed by atoms with E-state index >= 15 is 0 Å². The van der Waals surface area contributed by atoms with Gasteiger partial charge >= 0.3 is 0 Å². The van der Waals surface area contributed by atoms with E-state index in [1.54, 1.807) is 7.11 Å². The third-order valence-electron chi connectivity index (χ3n) is 3.34. The largest absolute Gasteiger partial charge is 0.493 e. The lowest BCUT2D eigenvalue weighted by molar-refractivity contribution is 0.293. The molecule has 0 spiro atoms. The maximum atomic E-state index is 5.89. The van der Waals surface area contributed by atoms with Crippen LogP contribution >= 0.6 is 27.7 Å². The molecular weight excluding hydrogens is 350 g/mol. The molecular formula is C16H24BrNO2S. The average molecular weight is 374 g/mol. The van der Waals surface area contributed by atoms with E-state index < -0.39 is 0 Å². The number of halogens is 1. The van der Waals surface area contributed by atoms with Crippen LogP contribution in [-0.4, -0.2) is 31.3 Å². The first-order valence-electron chi connectivity index (χ1n) is 7.55. The molecule has 1 aromatic rings. The Bertz CT molecular complexity index is 452. The fourth-order valence-corrected chi connectivity index (χ4v) is 3.26. The predicted molar refractivity (Wildman–Crippen MR) is 93.7 cm³/mol. The summed E-state index contributed by atoms with van der Waals surface area (Å²) in [6.07, 6.45) is 3.66. The van der Waals surface area contributed by atoms with E-state index in [0.717, 1.165) is 47.0 Å². The van der Waals surface area contributed by atoms with Crippen molar-refractivity contribution in [3.05, 3.63) is 22.2 Å². The first-order valence-corrected chi connectivity index (χ1v) is 9.49. The van der Waals surface area contributed by atoms with Crippen LogP contribution in [0.1, 0.15) is 31.7 Å². The van der Waals surface area contributed by atoms with Crippen LogP contribution in [0.3, 0.4) is 0 Å². The Morgan fingerprint density at radius 2 is 2.19 bits per heavy atom. The van der Waals surface area contributed by atoms with Crippen LogP contribution in [0.25, 0.3) is 0 Å². The molecule has 0 bridgehead atoms. The van der Waals surface area contributed by atoms with Gasteiger partial charge in [0.2, 0.25) is 0 Å². The summed E-state index contributed by atoms with van der Waals surface area (Å²) >= 11 is 5.55. The maximum Gasteiger partial charge on any atom is 0.175 e. The second kappa shape index (κ2) is 8.91. The second-order valence-electron chi connectivity index (χ2n) is 5.16. The van der Waals surface area contributed by atoms with Crippen LogP contribution in [0.2, 0.25) is 0 Å². The number of methoxy groups -OCH3 is 1. The van der Waals surface area contributed by atoms with Crippen LogP contribution in [0.15, 0.2) is 16.6 Å². The van der Waals surface area contributed by atoms with Gasteiger partial charge in [-0.3, -0.25) is 0 Å². The van der Waals surface area contributed by atoms with Gasteiger partial charge in [0.1, 0.15) is 0 Å². The van der Waals surface area contributed by atoms with E-state index in [4.69, 9.17) is 9.47 Å². The van der Waals surface area contributed by atoms with Crippen molar-refractivity contribution in [1.29, 1.82) is 0 Å². The Balaban J connectivity index is 1.91. The lowest BCUT2D eigenvalue weighted by Gasteiger charge is -2.14. The van der Waals surface area contributed by atoms with Gasteiger partial charge in [-0.2, -0.15) is 11.8 Å². The minimum atomic E-state index is 0.710. The molecule has 0 saturated heterocycles. The zero-order valence-electron chi connectivity index (χ0n) is 12.8. The molecule has 21 heavy (non-hydrogen) atoms. The van der Waals surface area contributed by atoms with Crippen molar-refractivity contribution < 1.29 is 9.47 Å². The summed E-state index contributed by atoms with van der Waals surface area (Å²) in [5.41, 5.74) is 1.22. The van der Waals surface area contributed by atoms with Gasteiger partial charge in [-0.25, -0.2) is 0 Å². The van der Waals surface area contributed by atoms with Crippen LogP contribution < -0.4 is 14.8 Å². The van der Waals surface area contributed by atoms with Gasteiger partial charge in [0.05, 0.1) is 18.2 Å². The number of ether oxygens (including phenoxy) is 2. The molecule has 0 amide bonds. The molecule has 118 valence electrons. The molecule has 1 aromatic carbocycles. The van der Waals surface area contributed by atoms with Crippen molar-refractivity contribution in [3.8, 4) is 11.5 Å². The van der Waals surface area contributed by atoms with Crippen molar-refractivity contribution in [1.82, 2.24) is 5.32 Å². The Morgan fingerprint density at radius 1 is 1.38 bits per heavy atom. The molecule has 1 aliphatic carbocycles. The van der Waals surface area contributed by atoms with Crippen molar-refractivity contribution in [2.45, 2.75) is 38.8 Å². The van der Waals surface area contributed by atoms with E-state index in [2.05, 4.69) is 40.3 Å². The molecule has 0 radical (unpaired) electrons. The fraction of sp³-hybridized carbons (Fsp3) is 0.625. The summed E-state index contributed by atoms with van der Waals surface area (Å²) in [7, 11) is 1.69. The summed E-state index contributed by atoms with van der Waals surface area (Å²) in [6.45, 7) is 3.79. The normalized spacial score (nSPS) is 14.2. The van der Waals surface area contributed by atoms with Gasteiger partial charge < -0.3 is 14.8 Å². The van der Waals surface area contributed by atoms with Gasteiger partial charge in [0.15, 0.2) is 11.5 Å². The van der Waals surface area contributed by atoms with E-state index in [-0.39, 0.29) is 0 Å². The van der Waals surface area contributed by atoms with Gasteiger partial charge in [-0.1, -0.05) is 6.92 Å². The molecule has 0 aliphatic heterocycles. The Hall–Kier alpha value is -0.390. The number of rotatable bonds is 10. The summed E-state index contributed by atoms with van der Waals surface area (Å²) in [5.74, 6) is 3.92. The minimum absolute atomic E-state index is 0.710. The standard InChI is InChI=1S/C16H24BrNO2S/c1-3-21-8-4-7-20-16-14(17)9-12(10-15(16)19-2)11-18-13-5-6-13/h9-10,13,18H,3-8,11H2,1-2H3. The highest BCUT2D eigenvalue weighted by molar-refractivity contribution is 9.10. The first-order chi connectivity index (χ1) is 10.2. The molecule has 1 fully saturated rings. The highest BCUT2D eigenvalue weighted by atomic mass is 79.9. The van der Waals surface area contributed by atoms with Crippen molar-refractivity contribution in [2.24, 2.45) is 0 Å². The fourth-order valence-electron chi connectivity index (χ4n) is 2.04.